The monoisotopic (exact) mass is 251 g/mol. The largest absolute Gasteiger partial charge is 0.392 e. The Morgan fingerprint density at radius 3 is 2.72 bits per heavy atom. The lowest BCUT2D eigenvalue weighted by Gasteiger charge is -2.36. The fraction of sp³-hybridized carbons (Fsp3) is 0.857. The molecular weight excluding hydrogens is 226 g/mol. The van der Waals surface area contributed by atoms with Crippen molar-refractivity contribution in [3.8, 4) is 0 Å². The molecular formula is C14H25N3O. The average molecular weight is 251 g/mol. The molecule has 0 spiro atoms. The Hall–Kier alpha value is -0.900. The molecule has 0 bridgehead atoms. The second kappa shape index (κ2) is 5.39. The van der Waals surface area contributed by atoms with Crippen LogP contribution in [0.15, 0.2) is 6.33 Å². The van der Waals surface area contributed by atoms with E-state index in [1.165, 1.54) is 12.8 Å². The first-order valence-electron chi connectivity index (χ1n) is 7.06. The van der Waals surface area contributed by atoms with Crippen molar-refractivity contribution in [1.29, 1.82) is 0 Å². The van der Waals surface area contributed by atoms with Crippen molar-refractivity contribution in [2.75, 3.05) is 0 Å². The molecule has 1 aromatic rings. The zero-order valence-electron chi connectivity index (χ0n) is 11.8. The van der Waals surface area contributed by atoms with Crippen LogP contribution in [0, 0.1) is 11.3 Å². The maximum absolute atomic E-state index is 10.4. The molecule has 18 heavy (non-hydrogen) atoms. The molecule has 2 rings (SSSR count). The molecule has 4 heteroatoms. The van der Waals surface area contributed by atoms with E-state index in [0.717, 1.165) is 25.2 Å². The van der Waals surface area contributed by atoms with Gasteiger partial charge in [-0.3, -0.25) is 4.68 Å². The number of aryl methyl sites for hydroxylation is 1. The zero-order valence-corrected chi connectivity index (χ0v) is 11.8. The molecule has 102 valence electrons. The molecule has 4 nitrogen and oxygen atoms in total. The van der Waals surface area contributed by atoms with Crippen LogP contribution in [0.4, 0.5) is 0 Å². The van der Waals surface area contributed by atoms with Gasteiger partial charge in [0, 0.05) is 13.0 Å². The van der Waals surface area contributed by atoms with Gasteiger partial charge in [0.15, 0.2) is 0 Å². The fourth-order valence-corrected chi connectivity index (χ4v) is 2.87. The molecule has 1 aromatic heterocycles. The van der Waals surface area contributed by atoms with Crippen LogP contribution in [0.25, 0.3) is 0 Å². The van der Waals surface area contributed by atoms with Crippen LogP contribution in [-0.4, -0.2) is 26.0 Å². The second-order valence-electron chi connectivity index (χ2n) is 6.27. The molecule has 1 atom stereocenters. The van der Waals surface area contributed by atoms with E-state index in [4.69, 9.17) is 0 Å². The van der Waals surface area contributed by atoms with Crippen molar-refractivity contribution in [3.05, 3.63) is 12.2 Å². The summed E-state index contributed by atoms with van der Waals surface area (Å²) < 4.78 is 1.87. The predicted octanol–water partition coefficient (Wildman–Crippen LogP) is 2.42. The predicted molar refractivity (Wildman–Crippen MR) is 71.1 cm³/mol. The first kappa shape index (κ1) is 13.5. The normalized spacial score (nSPS) is 22.0. The van der Waals surface area contributed by atoms with Crippen LogP contribution in [0.1, 0.15) is 52.3 Å². The van der Waals surface area contributed by atoms with Gasteiger partial charge in [-0.1, -0.05) is 13.8 Å². The maximum atomic E-state index is 10.4. The molecule has 1 aliphatic carbocycles. The number of aliphatic hydroxyl groups is 1. The summed E-state index contributed by atoms with van der Waals surface area (Å²) >= 11 is 0. The lowest BCUT2D eigenvalue weighted by Crippen LogP contribution is -2.31. The highest BCUT2D eigenvalue weighted by atomic mass is 16.3. The lowest BCUT2D eigenvalue weighted by atomic mass is 9.71. The van der Waals surface area contributed by atoms with E-state index in [-0.39, 0.29) is 6.10 Å². The Labute approximate surface area is 109 Å². The maximum Gasteiger partial charge on any atom is 0.138 e. The van der Waals surface area contributed by atoms with Crippen molar-refractivity contribution in [2.24, 2.45) is 11.3 Å². The molecule has 0 aliphatic heterocycles. The third-order valence-electron chi connectivity index (χ3n) is 4.31. The van der Waals surface area contributed by atoms with Crippen molar-refractivity contribution < 1.29 is 5.11 Å². The van der Waals surface area contributed by atoms with E-state index in [9.17, 15) is 5.11 Å². The summed E-state index contributed by atoms with van der Waals surface area (Å²) in [6, 6.07) is 0. The summed E-state index contributed by atoms with van der Waals surface area (Å²) in [6.07, 6.45) is 6.65. The van der Waals surface area contributed by atoms with Crippen LogP contribution in [0.2, 0.25) is 0 Å². The third kappa shape index (κ3) is 3.10. The Bertz CT molecular complexity index is 376. The second-order valence-corrected chi connectivity index (χ2v) is 6.27. The molecule has 0 radical (unpaired) electrons. The summed E-state index contributed by atoms with van der Waals surface area (Å²) in [5, 5.41) is 14.5. The van der Waals surface area contributed by atoms with Crippen LogP contribution in [0.3, 0.4) is 0 Å². The molecule has 1 unspecified atom stereocenters. The van der Waals surface area contributed by atoms with Crippen molar-refractivity contribution in [3.63, 3.8) is 0 Å². The number of nitrogens with zero attached hydrogens (tertiary/aromatic N) is 3. The number of rotatable bonds is 4. The lowest BCUT2D eigenvalue weighted by molar-refractivity contribution is 0.0556. The summed E-state index contributed by atoms with van der Waals surface area (Å²) in [4.78, 5) is 4.24. The van der Waals surface area contributed by atoms with E-state index >= 15 is 0 Å². The molecule has 0 saturated heterocycles. The van der Waals surface area contributed by atoms with Crippen molar-refractivity contribution in [2.45, 2.75) is 65.5 Å². The summed E-state index contributed by atoms with van der Waals surface area (Å²) in [7, 11) is 0. The third-order valence-corrected chi connectivity index (χ3v) is 4.31. The van der Waals surface area contributed by atoms with Gasteiger partial charge in [-0.15, -0.1) is 0 Å². The average Bonchev–Trinajstić information content (AvgIpc) is 2.76. The smallest absolute Gasteiger partial charge is 0.138 e. The number of hydrogen-bond donors (Lipinski definition) is 1. The highest BCUT2D eigenvalue weighted by Gasteiger charge is 2.31. The highest BCUT2D eigenvalue weighted by molar-refractivity contribution is 4.91. The van der Waals surface area contributed by atoms with E-state index in [1.54, 1.807) is 6.33 Å². The van der Waals surface area contributed by atoms with Crippen LogP contribution in [-0.2, 0) is 13.0 Å². The van der Waals surface area contributed by atoms with Gasteiger partial charge in [-0.2, -0.15) is 5.10 Å². The highest BCUT2D eigenvalue weighted by Crippen LogP contribution is 2.39. The van der Waals surface area contributed by atoms with Crippen molar-refractivity contribution >= 4 is 0 Å². The molecule has 0 amide bonds. The van der Waals surface area contributed by atoms with Crippen molar-refractivity contribution in [1.82, 2.24) is 14.8 Å². The van der Waals surface area contributed by atoms with Crippen LogP contribution >= 0.6 is 0 Å². The fourth-order valence-electron chi connectivity index (χ4n) is 2.87. The summed E-state index contributed by atoms with van der Waals surface area (Å²) in [5.74, 6) is 1.34. The van der Waals surface area contributed by atoms with Gasteiger partial charge in [-0.05, 0) is 43.9 Å². The Morgan fingerprint density at radius 2 is 2.11 bits per heavy atom. The first-order chi connectivity index (χ1) is 8.52. The SMILES string of the molecule is CCn1ncnc1CC(O)C1CCC(C)(C)CC1. The topological polar surface area (TPSA) is 50.9 Å². The molecule has 1 aliphatic rings. The molecule has 0 aromatic carbocycles. The van der Waals surface area contributed by atoms with Gasteiger partial charge in [0.2, 0.25) is 0 Å². The Morgan fingerprint density at radius 1 is 1.44 bits per heavy atom. The van der Waals surface area contributed by atoms with E-state index in [2.05, 4.69) is 23.9 Å². The quantitative estimate of drug-likeness (QED) is 0.894. The molecule has 1 fully saturated rings. The molecule has 1 saturated carbocycles. The number of aromatic nitrogens is 3. The zero-order chi connectivity index (χ0) is 13.2. The van der Waals surface area contributed by atoms with Crippen LogP contribution < -0.4 is 0 Å². The van der Waals surface area contributed by atoms with Crippen LogP contribution in [0.5, 0.6) is 0 Å². The van der Waals surface area contributed by atoms with E-state index in [0.29, 0.717) is 17.8 Å². The van der Waals surface area contributed by atoms with Gasteiger partial charge in [0.05, 0.1) is 6.10 Å². The first-order valence-corrected chi connectivity index (χ1v) is 7.06. The number of aliphatic hydroxyl groups excluding tert-OH is 1. The minimum absolute atomic E-state index is 0.268. The van der Waals surface area contributed by atoms with E-state index in [1.807, 2.05) is 11.6 Å². The minimum atomic E-state index is -0.268. The van der Waals surface area contributed by atoms with Gasteiger partial charge in [-0.25, -0.2) is 4.98 Å². The summed E-state index contributed by atoms with van der Waals surface area (Å²) in [6.45, 7) is 7.51. The van der Waals surface area contributed by atoms with Gasteiger partial charge < -0.3 is 5.11 Å². The standard InChI is InChI=1S/C14H25N3O/c1-4-17-13(15-10-16-17)9-12(18)11-5-7-14(2,3)8-6-11/h10-12,18H,4-9H2,1-3H3. The molecule has 1 heterocycles. The Kier molecular flexibility index (Phi) is 4.05. The van der Waals surface area contributed by atoms with Gasteiger partial charge in [0.25, 0.3) is 0 Å². The number of hydrogen-bond acceptors (Lipinski definition) is 3. The Balaban J connectivity index is 1.91. The van der Waals surface area contributed by atoms with Gasteiger partial charge in [0.1, 0.15) is 12.2 Å². The molecule has 1 N–H and O–H groups in total. The van der Waals surface area contributed by atoms with Gasteiger partial charge >= 0.3 is 0 Å². The minimum Gasteiger partial charge on any atom is -0.392 e. The summed E-state index contributed by atoms with van der Waals surface area (Å²) in [5.41, 5.74) is 0.458. The van der Waals surface area contributed by atoms with E-state index < -0.39 is 0 Å².